The number of hydrogen-bond acceptors (Lipinski definition) is 4. The van der Waals surface area contributed by atoms with Gasteiger partial charge in [-0.25, -0.2) is 8.42 Å². The Hall–Kier alpha value is -1.19. The smallest absolute Gasteiger partial charge is 0.387 e. The van der Waals surface area contributed by atoms with Crippen LogP contribution < -0.4 is 9.46 Å². The van der Waals surface area contributed by atoms with Crippen molar-refractivity contribution in [3.63, 3.8) is 0 Å². The van der Waals surface area contributed by atoms with Crippen LogP contribution in [0.25, 0.3) is 0 Å². The number of benzene rings is 1. The summed E-state index contributed by atoms with van der Waals surface area (Å²) in [6, 6.07) is 8.41. The maximum Gasteiger partial charge on any atom is 0.387 e. The minimum atomic E-state index is -3.74. The van der Waals surface area contributed by atoms with E-state index in [0.29, 0.717) is 3.79 Å². The van der Waals surface area contributed by atoms with Crippen LogP contribution in [0, 0.1) is 0 Å². The molecule has 0 aliphatic carbocycles. The highest BCUT2D eigenvalue weighted by atomic mass is 79.9. The number of alkyl halides is 2. The lowest BCUT2D eigenvalue weighted by atomic mass is 10.3. The average Bonchev–Trinajstić information content (AvgIpc) is 2.75. The van der Waals surface area contributed by atoms with E-state index in [1.165, 1.54) is 30.3 Å². The SMILES string of the molecule is O=S(=O)(Nc1cccc(OC(F)F)c1)c1ccc(Br)s1. The third-order valence-corrected chi connectivity index (χ3v) is 5.62. The van der Waals surface area contributed by atoms with Gasteiger partial charge in [0.25, 0.3) is 10.0 Å². The summed E-state index contributed by atoms with van der Waals surface area (Å²) in [5.74, 6) is -0.118. The monoisotopic (exact) mass is 383 g/mol. The van der Waals surface area contributed by atoms with Gasteiger partial charge in [-0.2, -0.15) is 8.78 Å². The zero-order valence-corrected chi connectivity index (χ0v) is 12.9. The predicted molar refractivity (Wildman–Crippen MR) is 75.9 cm³/mol. The molecule has 0 saturated heterocycles. The molecule has 0 atom stereocenters. The average molecular weight is 384 g/mol. The molecule has 0 radical (unpaired) electrons. The maximum absolute atomic E-state index is 12.1. The molecule has 1 aromatic carbocycles. The fourth-order valence-electron chi connectivity index (χ4n) is 1.38. The van der Waals surface area contributed by atoms with E-state index in [0.717, 1.165) is 11.3 Å². The van der Waals surface area contributed by atoms with Crippen LogP contribution in [0.15, 0.2) is 44.4 Å². The first-order chi connectivity index (χ1) is 9.37. The summed E-state index contributed by atoms with van der Waals surface area (Å²) in [4.78, 5) is 0. The topological polar surface area (TPSA) is 55.4 Å². The number of thiophene rings is 1. The van der Waals surface area contributed by atoms with Gasteiger partial charge in [-0.3, -0.25) is 4.72 Å². The van der Waals surface area contributed by atoms with Crippen molar-refractivity contribution in [2.75, 3.05) is 4.72 Å². The number of anilines is 1. The van der Waals surface area contributed by atoms with Gasteiger partial charge in [0.15, 0.2) is 0 Å². The minimum Gasteiger partial charge on any atom is -0.435 e. The normalized spacial score (nSPS) is 11.6. The molecule has 1 heterocycles. The lowest BCUT2D eigenvalue weighted by Gasteiger charge is -2.08. The van der Waals surface area contributed by atoms with Crippen LogP contribution in [0.1, 0.15) is 0 Å². The van der Waals surface area contributed by atoms with Crippen LogP contribution in [0.5, 0.6) is 5.75 Å². The van der Waals surface area contributed by atoms with Crippen molar-refractivity contribution in [1.29, 1.82) is 0 Å². The van der Waals surface area contributed by atoms with Crippen molar-refractivity contribution in [3.8, 4) is 5.75 Å². The van der Waals surface area contributed by atoms with E-state index in [9.17, 15) is 17.2 Å². The Morgan fingerprint density at radius 2 is 2.00 bits per heavy atom. The van der Waals surface area contributed by atoms with E-state index in [1.54, 1.807) is 6.07 Å². The first-order valence-electron chi connectivity index (χ1n) is 5.20. The van der Waals surface area contributed by atoms with Crippen molar-refractivity contribution in [1.82, 2.24) is 0 Å². The molecule has 1 aromatic heterocycles. The molecule has 0 fully saturated rings. The lowest BCUT2D eigenvalue weighted by Crippen LogP contribution is -2.11. The Bertz CT molecular complexity index is 703. The van der Waals surface area contributed by atoms with Crippen molar-refractivity contribution in [2.24, 2.45) is 0 Å². The van der Waals surface area contributed by atoms with Gasteiger partial charge in [0.05, 0.1) is 9.47 Å². The highest BCUT2D eigenvalue weighted by Crippen LogP contribution is 2.28. The molecule has 20 heavy (non-hydrogen) atoms. The summed E-state index contributed by atoms with van der Waals surface area (Å²) in [6.45, 7) is -2.96. The van der Waals surface area contributed by atoms with Gasteiger partial charge >= 0.3 is 6.61 Å². The number of nitrogens with one attached hydrogen (secondary N) is 1. The largest absolute Gasteiger partial charge is 0.435 e. The molecule has 0 unspecified atom stereocenters. The van der Waals surface area contributed by atoms with E-state index in [2.05, 4.69) is 25.4 Å². The predicted octanol–water partition coefficient (Wildman–Crippen LogP) is 3.91. The minimum absolute atomic E-state index is 0.115. The van der Waals surface area contributed by atoms with Crippen molar-refractivity contribution in [3.05, 3.63) is 40.2 Å². The Labute approximate surface area is 126 Å². The molecule has 0 spiro atoms. The summed E-state index contributed by atoms with van der Waals surface area (Å²) in [6.07, 6.45) is 0. The molecule has 0 amide bonds. The fraction of sp³-hybridized carbons (Fsp3) is 0.0909. The first-order valence-corrected chi connectivity index (χ1v) is 8.29. The molecule has 4 nitrogen and oxygen atoms in total. The van der Waals surface area contributed by atoms with Crippen LogP contribution in [-0.2, 0) is 10.0 Å². The van der Waals surface area contributed by atoms with E-state index < -0.39 is 16.6 Å². The summed E-state index contributed by atoms with van der Waals surface area (Å²) in [7, 11) is -3.74. The summed E-state index contributed by atoms with van der Waals surface area (Å²) in [5, 5.41) is 0. The molecule has 108 valence electrons. The molecule has 9 heteroatoms. The Morgan fingerprint density at radius 1 is 1.25 bits per heavy atom. The Morgan fingerprint density at radius 3 is 2.60 bits per heavy atom. The maximum atomic E-state index is 12.1. The lowest BCUT2D eigenvalue weighted by molar-refractivity contribution is -0.0497. The standard InChI is InChI=1S/C11H8BrF2NO3S2/c12-9-4-5-10(19-9)20(16,17)15-7-2-1-3-8(6-7)18-11(13)14/h1-6,11,15H. The van der Waals surface area contributed by atoms with E-state index in [-0.39, 0.29) is 15.6 Å². The second-order valence-corrected chi connectivity index (χ2v) is 7.94. The Balaban J connectivity index is 2.21. The molecule has 0 bridgehead atoms. The van der Waals surface area contributed by atoms with Gasteiger partial charge in [0, 0.05) is 6.07 Å². The summed E-state index contributed by atoms with van der Waals surface area (Å²) >= 11 is 4.22. The fourth-order valence-corrected chi connectivity index (χ4v) is 4.44. The summed E-state index contributed by atoms with van der Waals surface area (Å²) in [5.41, 5.74) is 0.146. The number of ether oxygens (including phenoxy) is 1. The van der Waals surface area contributed by atoms with Crippen molar-refractivity contribution in [2.45, 2.75) is 10.8 Å². The van der Waals surface area contributed by atoms with Gasteiger partial charge in [-0.05, 0) is 40.2 Å². The van der Waals surface area contributed by atoms with E-state index in [4.69, 9.17) is 0 Å². The van der Waals surface area contributed by atoms with Crippen LogP contribution >= 0.6 is 27.3 Å². The van der Waals surface area contributed by atoms with Gasteiger partial charge < -0.3 is 4.74 Å². The molecular weight excluding hydrogens is 376 g/mol. The first kappa shape index (κ1) is 15.2. The molecule has 0 saturated carbocycles. The quantitative estimate of drug-likeness (QED) is 0.851. The van der Waals surface area contributed by atoms with Crippen LogP contribution in [0.2, 0.25) is 0 Å². The second-order valence-electron chi connectivity index (χ2n) is 3.57. The molecule has 0 aliphatic heterocycles. The van der Waals surface area contributed by atoms with Crippen LogP contribution in [0.3, 0.4) is 0 Å². The van der Waals surface area contributed by atoms with E-state index >= 15 is 0 Å². The van der Waals surface area contributed by atoms with Crippen molar-refractivity contribution >= 4 is 43.0 Å². The number of halogens is 3. The molecule has 2 rings (SSSR count). The third-order valence-electron chi connectivity index (χ3n) is 2.12. The molecule has 2 aromatic rings. The molecule has 1 N–H and O–H groups in total. The van der Waals surface area contributed by atoms with Gasteiger partial charge in [-0.15, -0.1) is 11.3 Å². The van der Waals surface area contributed by atoms with Crippen LogP contribution in [0.4, 0.5) is 14.5 Å². The van der Waals surface area contributed by atoms with Gasteiger partial charge in [-0.1, -0.05) is 6.07 Å². The highest BCUT2D eigenvalue weighted by Gasteiger charge is 2.17. The number of hydrogen-bond donors (Lipinski definition) is 1. The molecular formula is C11H8BrF2NO3S2. The van der Waals surface area contributed by atoms with Crippen molar-refractivity contribution < 1.29 is 21.9 Å². The highest BCUT2D eigenvalue weighted by molar-refractivity contribution is 9.11. The van der Waals surface area contributed by atoms with Gasteiger partial charge in [0.1, 0.15) is 9.96 Å². The number of sulfonamides is 1. The zero-order chi connectivity index (χ0) is 14.8. The van der Waals surface area contributed by atoms with Gasteiger partial charge in [0.2, 0.25) is 0 Å². The Kier molecular flexibility index (Phi) is 4.61. The van der Waals surface area contributed by atoms with E-state index in [1.807, 2.05) is 0 Å². The zero-order valence-electron chi connectivity index (χ0n) is 9.72. The third kappa shape index (κ3) is 3.90. The summed E-state index contributed by atoms with van der Waals surface area (Å²) < 4.78 is 55.6. The van der Waals surface area contributed by atoms with Crippen LogP contribution in [-0.4, -0.2) is 15.0 Å². The number of rotatable bonds is 5. The second kappa shape index (κ2) is 6.06. The molecule has 0 aliphatic rings.